The first-order valence-corrected chi connectivity index (χ1v) is 4.41. The van der Waals surface area contributed by atoms with Crippen LogP contribution in [0.1, 0.15) is 26.3 Å². The quantitative estimate of drug-likeness (QED) is 0.480. The van der Waals surface area contributed by atoms with Crippen molar-refractivity contribution in [1.82, 2.24) is 0 Å². The Morgan fingerprint density at radius 2 is 1.81 bits per heavy atom. The van der Waals surface area contributed by atoms with Crippen LogP contribution in [0.4, 0.5) is 0 Å². The van der Waals surface area contributed by atoms with Gasteiger partial charge in [-0.1, -0.05) is 0 Å². The zero-order valence-electron chi connectivity index (χ0n) is 7.93. The Balaban J connectivity index is 2.70. The number of carbonyl (C=O) groups excluding carboxylic acids is 3. The highest BCUT2D eigenvalue weighted by molar-refractivity contribution is 6.53. The molecule has 0 bridgehead atoms. The maximum absolute atomic E-state index is 11.5. The summed E-state index contributed by atoms with van der Waals surface area (Å²) in [6.07, 6.45) is -1.91. The summed E-state index contributed by atoms with van der Waals surface area (Å²) >= 11 is 0. The number of hydrogen-bond donors (Lipinski definition) is 1. The van der Waals surface area contributed by atoms with Crippen molar-refractivity contribution in [1.29, 1.82) is 5.26 Å². The highest BCUT2D eigenvalue weighted by Gasteiger charge is 2.39. The van der Waals surface area contributed by atoms with Crippen molar-refractivity contribution in [3.8, 4) is 6.07 Å². The Morgan fingerprint density at radius 1 is 1.12 bits per heavy atom. The Bertz CT molecular complexity index is 568. The molecule has 0 aliphatic heterocycles. The first-order valence-electron chi connectivity index (χ1n) is 4.41. The Hall–Kier alpha value is -2.32. The van der Waals surface area contributed by atoms with Crippen LogP contribution in [0.15, 0.2) is 18.2 Å². The third kappa shape index (κ3) is 1.25. The molecule has 0 aromatic heterocycles. The predicted octanol–water partition coefficient (Wildman–Crippen LogP) is -0.133. The van der Waals surface area contributed by atoms with Gasteiger partial charge in [0.15, 0.2) is 11.9 Å². The molecule has 1 aliphatic carbocycles. The maximum atomic E-state index is 11.5. The van der Waals surface area contributed by atoms with Crippen LogP contribution in [-0.2, 0) is 4.79 Å². The molecule has 0 radical (unpaired) electrons. The van der Waals surface area contributed by atoms with Crippen LogP contribution in [0.25, 0.3) is 0 Å². The highest BCUT2D eigenvalue weighted by Crippen LogP contribution is 2.20. The second kappa shape index (κ2) is 3.36. The van der Waals surface area contributed by atoms with Crippen molar-refractivity contribution < 1.29 is 19.5 Å². The van der Waals surface area contributed by atoms with E-state index in [9.17, 15) is 19.5 Å². The molecule has 16 heavy (non-hydrogen) atoms. The van der Waals surface area contributed by atoms with E-state index in [1.807, 2.05) is 0 Å². The predicted molar refractivity (Wildman–Crippen MR) is 50.8 cm³/mol. The lowest BCUT2D eigenvalue weighted by Gasteiger charge is -2.16. The van der Waals surface area contributed by atoms with Gasteiger partial charge in [0, 0.05) is 11.1 Å². The molecule has 1 atom stereocenters. The normalized spacial score (nSPS) is 19.2. The Kier molecular flexibility index (Phi) is 2.15. The molecule has 1 unspecified atom stereocenters. The molecule has 0 spiro atoms. The number of carbonyl (C=O) groups is 3. The molecule has 78 valence electrons. The zero-order chi connectivity index (χ0) is 11.9. The van der Waals surface area contributed by atoms with Gasteiger partial charge in [-0.2, -0.15) is 5.26 Å². The van der Waals surface area contributed by atoms with Gasteiger partial charge in [-0.25, -0.2) is 0 Å². The van der Waals surface area contributed by atoms with E-state index in [2.05, 4.69) is 0 Å². The topological polar surface area (TPSA) is 95.2 Å². The van der Waals surface area contributed by atoms with E-state index < -0.39 is 23.5 Å². The van der Waals surface area contributed by atoms with Gasteiger partial charge in [0.2, 0.25) is 11.6 Å². The Labute approximate surface area is 89.9 Å². The van der Waals surface area contributed by atoms with Gasteiger partial charge in [0.05, 0.1) is 11.6 Å². The van der Waals surface area contributed by atoms with Crippen molar-refractivity contribution in [2.75, 3.05) is 0 Å². The highest BCUT2D eigenvalue weighted by atomic mass is 16.3. The number of nitrogens with zero attached hydrogens (tertiary/aromatic N) is 1. The first-order chi connectivity index (χ1) is 7.56. The molecule has 2 rings (SSSR count). The molecule has 1 aromatic rings. The molecule has 0 saturated heterocycles. The van der Waals surface area contributed by atoms with Crippen LogP contribution in [0, 0.1) is 11.3 Å². The molecule has 1 N–H and O–H groups in total. The first kappa shape index (κ1) is 10.2. The molecular formula is C11H5NO4. The minimum absolute atomic E-state index is 0.0175. The lowest BCUT2D eigenvalue weighted by Crippen LogP contribution is -2.41. The molecule has 1 aromatic carbocycles. The second-order valence-electron chi connectivity index (χ2n) is 3.33. The van der Waals surface area contributed by atoms with Crippen LogP contribution in [-0.4, -0.2) is 28.6 Å². The van der Waals surface area contributed by atoms with E-state index in [1.165, 1.54) is 18.2 Å². The van der Waals surface area contributed by atoms with Crippen molar-refractivity contribution >= 4 is 17.3 Å². The lowest BCUT2D eigenvalue weighted by molar-refractivity contribution is -0.120. The van der Waals surface area contributed by atoms with Gasteiger partial charge in [-0.15, -0.1) is 0 Å². The minimum Gasteiger partial charge on any atom is -0.377 e. The van der Waals surface area contributed by atoms with Crippen LogP contribution < -0.4 is 0 Å². The fraction of sp³-hybridized carbons (Fsp3) is 0.0909. The monoisotopic (exact) mass is 215 g/mol. The summed E-state index contributed by atoms with van der Waals surface area (Å²) in [4.78, 5) is 34.1. The van der Waals surface area contributed by atoms with Gasteiger partial charge >= 0.3 is 0 Å². The van der Waals surface area contributed by atoms with Gasteiger partial charge in [-0.05, 0) is 18.2 Å². The summed E-state index contributed by atoms with van der Waals surface area (Å²) in [5.74, 6) is -2.88. The fourth-order valence-electron chi connectivity index (χ4n) is 1.54. The summed E-state index contributed by atoms with van der Waals surface area (Å²) in [6, 6.07) is 5.60. The molecule has 5 heteroatoms. The van der Waals surface area contributed by atoms with Crippen molar-refractivity contribution in [2.24, 2.45) is 0 Å². The minimum atomic E-state index is -1.91. The number of ketones is 3. The summed E-state index contributed by atoms with van der Waals surface area (Å²) in [7, 11) is 0. The molecule has 0 fully saturated rings. The standard InChI is InChI=1S/C11H5NO4/c12-4-5-1-2-6-7(3-5)9(14)11(16)10(15)8(6)13/h1-3,10,15H. The average molecular weight is 215 g/mol. The molecule has 5 nitrogen and oxygen atoms in total. The smallest absolute Gasteiger partial charge is 0.239 e. The zero-order valence-corrected chi connectivity index (χ0v) is 7.93. The summed E-state index contributed by atoms with van der Waals surface area (Å²) < 4.78 is 0. The summed E-state index contributed by atoms with van der Waals surface area (Å²) in [5.41, 5.74) is 0.0551. The van der Waals surface area contributed by atoms with E-state index in [1.54, 1.807) is 6.07 Å². The number of hydrogen-bond acceptors (Lipinski definition) is 5. The third-order valence-corrected chi connectivity index (χ3v) is 2.38. The van der Waals surface area contributed by atoms with Crippen LogP contribution in [0.3, 0.4) is 0 Å². The van der Waals surface area contributed by atoms with Crippen molar-refractivity contribution in [2.45, 2.75) is 6.10 Å². The van der Waals surface area contributed by atoms with Gasteiger partial charge in [0.25, 0.3) is 0 Å². The van der Waals surface area contributed by atoms with Gasteiger partial charge in [-0.3, -0.25) is 14.4 Å². The largest absolute Gasteiger partial charge is 0.377 e. The molecule has 1 aliphatic rings. The van der Waals surface area contributed by atoms with Crippen LogP contribution >= 0.6 is 0 Å². The van der Waals surface area contributed by atoms with E-state index in [-0.39, 0.29) is 16.7 Å². The van der Waals surface area contributed by atoms with E-state index in [4.69, 9.17) is 5.26 Å². The fourth-order valence-corrected chi connectivity index (χ4v) is 1.54. The molecule has 0 heterocycles. The maximum Gasteiger partial charge on any atom is 0.239 e. The second-order valence-corrected chi connectivity index (χ2v) is 3.33. The lowest BCUT2D eigenvalue weighted by atomic mass is 9.86. The molecular weight excluding hydrogens is 210 g/mol. The summed E-state index contributed by atoms with van der Waals surface area (Å²) in [6.45, 7) is 0. The number of nitriles is 1. The average Bonchev–Trinajstić information content (AvgIpc) is 2.33. The van der Waals surface area contributed by atoms with E-state index in [0.29, 0.717) is 0 Å². The van der Waals surface area contributed by atoms with Gasteiger partial charge in [0.1, 0.15) is 0 Å². The number of benzene rings is 1. The molecule has 0 amide bonds. The SMILES string of the molecule is N#Cc1ccc2c(c1)C(=O)C(=O)C(O)C2=O. The van der Waals surface area contributed by atoms with Crippen molar-refractivity contribution in [3.63, 3.8) is 0 Å². The number of Topliss-reactive ketones (excluding diaryl/α,β-unsaturated/α-hetero) is 3. The number of aliphatic hydroxyl groups is 1. The van der Waals surface area contributed by atoms with Crippen LogP contribution in [0.2, 0.25) is 0 Å². The number of rotatable bonds is 0. The van der Waals surface area contributed by atoms with Gasteiger partial charge < -0.3 is 5.11 Å². The van der Waals surface area contributed by atoms with E-state index >= 15 is 0 Å². The third-order valence-electron chi connectivity index (χ3n) is 2.38. The van der Waals surface area contributed by atoms with E-state index in [0.717, 1.165) is 0 Å². The summed E-state index contributed by atoms with van der Waals surface area (Å²) in [5, 5.41) is 17.8. The number of fused-ring (bicyclic) bond motifs is 1. The Morgan fingerprint density at radius 3 is 2.44 bits per heavy atom. The van der Waals surface area contributed by atoms with Crippen LogP contribution in [0.5, 0.6) is 0 Å². The number of aliphatic hydroxyl groups excluding tert-OH is 1. The molecule has 0 saturated carbocycles. The van der Waals surface area contributed by atoms with Crippen molar-refractivity contribution in [3.05, 3.63) is 34.9 Å².